The number of rotatable bonds is 5. The van der Waals surface area contributed by atoms with Crippen LogP contribution in [0.25, 0.3) is 0 Å². The molecule has 0 atom stereocenters. The summed E-state index contributed by atoms with van der Waals surface area (Å²) in [5.41, 5.74) is -0.595. The lowest BCUT2D eigenvalue weighted by Gasteiger charge is -2.11. The van der Waals surface area contributed by atoms with Crippen LogP contribution in [0.4, 0.5) is 18.9 Å². The zero-order valence-corrected chi connectivity index (χ0v) is 15.9. The molecule has 1 amide bonds. The molecule has 0 fully saturated rings. The highest BCUT2D eigenvalue weighted by Crippen LogP contribution is 2.29. The predicted molar refractivity (Wildman–Crippen MR) is 106 cm³/mol. The molecule has 2 aromatic carbocycles. The minimum absolute atomic E-state index is 0.121. The van der Waals surface area contributed by atoms with E-state index in [0.717, 1.165) is 16.7 Å². The van der Waals surface area contributed by atoms with Crippen LogP contribution in [0.3, 0.4) is 0 Å². The summed E-state index contributed by atoms with van der Waals surface area (Å²) >= 11 is 0. The first-order valence-corrected chi connectivity index (χ1v) is 8.93. The molecule has 0 saturated carbocycles. The van der Waals surface area contributed by atoms with E-state index in [1.54, 1.807) is 18.2 Å². The molecular formula is C22H17F3N2O3. The van der Waals surface area contributed by atoms with Gasteiger partial charge < -0.3 is 9.88 Å². The second-order valence-electron chi connectivity index (χ2n) is 6.64. The van der Waals surface area contributed by atoms with Crippen LogP contribution in [-0.4, -0.2) is 16.3 Å². The number of nitrogens with one attached hydrogen (secondary N) is 1. The summed E-state index contributed by atoms with van der Waals surface area (Å²) in [5, 5.41) is 2.56. The topological polar surface area (TPSA) is 68.2 Å². The van der Waals surface area contributed by atoms with E-state index in [9.17, 15) is 27.6 Å². The molecule has 0 unspecified atom stereocenters. The van der Waals surface area contributed by atoms with Crippen molar-refractivity contribution in [3.05, 3.63) is 99.5 Å². The summed E-state index contributed by atoms with van der Waals surface area (Å²) in [7, 11) is 0. The smallest absolute Gasteiger partial charge is 0.322 e. The molecule has 30 heavy (non-hydrogen) atoms. The van der Waals surface area contributed by atoms with Crippen molar-refractivity contribution in [1.29, 1.82) is 0 Å². The van der Waals surface area contributed by atoms with Gasteiger partial charge in [-0.15, -0.1) is 0 Å². The Bertz CT molecular complexity index is 1170. The summed E-state index contributed by atoms with van der Waals surface area (Å²) in [6, 6.07) is 13.7. The monoisotopic (exact) mass is 414 g/mol. The molecule has 3 aromatic rings. The molecule has 0 spiro atoms. The average molecular weight is 414 g/mol. The number of anilines is 1. The van der Waals surface area contributed by atoms with Crippen LogP contribution in [0.2, 0.25) is 0 Å². The van der Waals surface area contributed by atoms with Crippen LogP contribution in [0, 0.1) is 0 Å². The third kappa shape index (κ3) is 4.83. The first-order valence-electron chi connectivity index (χ1n) is 8.93. The molecule has 3 rings (SSSR count). The quantitative estimate of drug-likeness (QED) is 0.631. The standard InChI is InChI=1S/C22H17F3N2O3/c1-14(28)16-6-3-8-18(12-16)26-20(29)19-9-4-10-27(21(19)30)13-15-5-2-7-17(11-15)22(23,24)25/h2-12H,13H2,1H3,(H,26,29). The molecule has 8 heteroatoms. The summed E-state index contributed by atoms with van der Waals surface area (Å²) in [5.74, 6) is -0.853. The van der Waals surface area contributed by atoms with Crippen molar-refractivity contribution < 1.29 is 22.8 Å². The predicted octanol–water partition coefficient (Wildman–Crippen LogP) is 4.37. The van der Waals surface area contributed by atoms with Gasteiger partial charge in [-0.1, -0.05) is 24.3 Å². The lowest BCUT2D eigenvalue weighted by molar-refractivity contribution is -0.137. The van der Waals surface area contributed by atoms with Gasteiger partial charge in [-0.2, -0.15) is 13.2 Å². The van der Waals surface area contributed by atoms with E-state index in [0.29, 0.717) is 11.3 Å². The van der Waals surface area contributed by atoms with E-state index >= 15 is 0 Å². The van der Waals surface area contributed by atoms with Gasteiger partial charge in [-0.3, -0.25) is 14.4 Å². The van der Waals surface area contributed by atoms with Crippen molar-refractivity contribution in [2.45, 2.75) is 19.6 Å². The summed E-state index contributed by atoms with van der Waals surface area (Å²) in [6.07, 6.45) is -3.09. The number of halogens is 3. The maximum Gasteiger partial charge on any atom is 0.416 e. The summed E-state index contributed by atoms with van der Waals surface area (Å²) < 4.78 is 39.9. The van der Waals surface area contributed by atoms with E-state index < -0.39 is 23.2 Å². The van der Waals surface area contributed by atoms with Crippen LogP contribution in [-0.2, 0) is 12.7 Å². The van der Waals surface area contributed by atoms with Crippen LogP contribution < -0.4 is 10.9 Å². The van der Waals surface area contributed by atoms with Gasteiger partial charge >= 0.3 is 6.18 Å². The highest BCUT2D eigenvalue weighted by atomic mass is 19.4. The third-order valence-electron chi connectivity index (χ3n) is 4.40. The van der Waals surface area contributed by atoms with E-state index in [1.165, 1.54) is 43.5 Å². The number of ketones is 1. The summed E-state index contributed by atoms with van der Waals surface area (Å²) in [6.45, 7) is 1.27. The van der Waals surface area contributed by atoms with E-state index in [-0.39, 0.29) is 23.5 Å². The fourth-order valence-corrected chi connectivity index (χ4v) is 2.89. The number of carbonyl (C=O) groups excluding carboxylic acids is 2. The highest BCUT2D eigenvalue weighted by molar-refractivity contribution is 6.04. The van der Waals surface area contributed by atoms with Crippen molar-refractivity contribution in [2.24, 2.45) is 0 Å². The Morgan fingerprint density at radius 2 is 1.73 bits per heavy atom. The van der Waals surface area contributed by atoms with E-state index in [2.05, 4.69) is 5.32 Å². The molecule has 1 aromatic heterocycles. The van der Waals surface area contributed by atoms with Crippen molar-refractivity contribution in [3.8, 4) is 0 Å². The van der Waals surface area contributed by atoms with Crippen LogP contribution >= 0.6 is 0 Å². The third-order valence-corrected chi connectivity index (χ3v) is 4.40. The van der Waals surface area contributed by atoms with Crippen molar-refractivity contribution >= 4 is 17.4 Å². The number of carbonyl (C=O) groups is 2. The maximum absolute atomic E-state index is 12.9. The number of benzene rings is 2. The molecule has 0 saturated heterocycles. The van der Waals surface area contributed by atoms with Gasteiger partial charge in [0.1, 0.15) is 5.56 Å². The first kappa shape index (κ1) is 21.0. The fraction of sp³-hybridized carbons (Fsp3) is 0.136. The van der Waals surface area contributed by atoms with Crippen LogP contribution in [0.1, 0.15) is 38.8 Å². The Hall–Kier alpha value is -3.68. The zero-order chi connectivity index (χ0) is 21.9. The number of aromatic nitrogens is 1. The molecule has 5 nitrogen and oxygen atoms in total. The first-order chi connectivity index (χ1) is 14.1. The van der Waals surface area contributed by atoms with Gasteiger partial charge in [-0.05, 0) is 48.9 Å². The number of hydrogen-bond acceptors (Lipinski definition) is 3. The lowest BCUT2D eigenvalue weighted by Crippen LogP contribution is -2.29. The van der Waals surface area contributed by atoms with Crippen molar-refractivity contribution in [3.63, 3.8) is 0 Å². The fourth-order valence-electron chi connectivity index (χ4n) is 2.89. The Labute approximate surface area is 169 Å². The molecule has 0 bridgehead atoms. The van der Waals surface area contributed by atoms with Crippen LogP contribution in [0.15, 0.2) is 71.7 Å². The zero-order valence-electron chi connectivity index (χ0n) is 15.9. The second kappa shape index (κ2) is 8.36. The SMILES string of the molecule is CC(=O)c1cccc(NC(=O)c2cccn(Cc3cccc(C(F)(F)F)c3)c2=O)c1. The van der Waals surface area contributed by atoms with Crippen molar-refractivity contribution in [2.75, 3.05) is 5.32 Å². The number of alkyl halides is 3. The Kier molecular flexibility index (Phi) is 5.86. The highest BCUT2D eigenvalue weighted by Gasteiger charge is 2.30. The van der Waals surface area contributed by atoms with Gasteiger partial charge in [0.15, 0.2) is 5.78 Å². The number of hydrogen-bond donors (Lipinski definition) is 1. The van der Waals surface area contributed by atoms with Crippen molar-refractivity contribution in [1.82, 2.24) is 4.57 Å². The maximum atomic E-state index is 12.9. The Morgan fingerprint density at radius 1 is 1.00 bits per heavy atom. The van der Waals surface area contributed by atoms with Gasteiger partial charge in [-0.25, -0.2) is 0 Å². The Balaban J connectivity index is 1.85. The minimum Gasteiger partial charge on any atom is -0.322 e. The molecule has 0 aliphatic carbocycles. The minimum atomic E-state index is -4.49. The molecule has 0 aliphatic rings. The van der Waals surface area contributed by atoms with E-state index in [1.807, 2.05) is 0 Å². The number of Topliss-reactive ketones (excluding diaryl/α,β-unsaturated/α-hetero) is 1. The molecule has 1 N–H and O–H groups in total. The normalized spacial score (nSPS) is 11.2. The van der Waals surface area contributed by atoms with Gasteiger partial charge in [0.2, 0.25) is 0 Å². The van der Waals surface area contributed by atoms with Gasteiger partial charge in [0.25, 0.3) is 11.5 Å². The molecular weight excluding hydrogens is 397 g/mol. The second-order valence-corrected chi connectivity index (χ2v) is 6.64. The van der Waals surface area contributed by atoms with Crippen LogP contribution in [0.5, 0.6) is 0 Å². The number of nitrogens with zero attached hydrogens (tertiary/aromatic N) is 1. The molecule has 0 aliphatic heterocycles. The molecule has 0 radical (unpaired) electrons. The molecule has 1 heterocycles. The average Bonchev–Trinajstić information content (AvgIpc) is 2.69. The van der Waals surface area contributed by atoms with Gasteiger partial charge in [0, 0.05) is 17.4 Å². The number of amides is 1. The number of pyridine rings is 1. The largest absolute Gasteiger partial charge is 0.416 e. The van der Waals surface area contributed by atoms with Gasteiger partial charge in [0.05, 0.1) is 12.1 Å². The van der Waals surface area contributed by atoms with E-state index in [4.69, 9.17) is 0 Å². The lowest BCUT2D eigenvalue weighted by atomic mass is 10.1. The Morgan fingerprint density at radius 3 is 2.43 bits per heavy atom. The summed E-state index contributed by atoms with van der Waals surface area (Å²) in [4.78, 5) is 36.7. The molecule has 154 valence electrons.